The SMILES string of the molecule is O[C@@H]1C[C@H]2CN(Cc3ccccc3-c3ccccc3)C[C@H]2C[C@H]1N1CCOCC1. The van der Waals surface area contributed by atoms with Crippen LogP contribution in [0.15, 0.2) is 54.6 Å². The van der Waals surface area contributed by atoms with Gasteiger partial charge in [0.2, 0.25) is 0 Å². The lowest BCUT2D eigenvalue weighted by atomic mass is 9.77. The topological polar surface area (TPSA) is 35.9 Å². The van der Waals surface area contributed by atoms with E-state index in [0.29, 0.717) is 17.9 Å². The third-order valence-electron chi connectivity index (χ3n) is 7.20. The first-order valence-electron chi connectivity index (χ1n) is 11.1. The molecule has 1 aliphatic carbocycles. The highest BCUT2D eigenvalue weighted by Gasteiger charge is 2.43. The lowest BCUT2D eigenvalue weighted by Gasteiger charge is -2.43. The number of aliphatic hydroxyl groups is 1. The fourth-order valence-electron chi connectivity index (χ4n) is 5.73. The number of fused-ring (bicyclic) bond motifs is 1. The maximum absolute atomic E-state index is 10.8. The molecule has 29 heavy (non-hydrogen) atoms. The molecule has 154 valence electrons. The van der Waals surface area contributed by atoms with E-state index in [2.05, 4.69) is 64.4 Å². The zero-order chi connectivity index (χ0) is 19.6. The van der Waals surface area contributed by atoms with Gasteiger partial charge in [0.05, 0.1) is 19.3 Å². The second kappa shape index (κ2) is 8.57. The predicted molar refractivity (Wildman–Crippen MR) is 116 cm³/mol. The first-order valence-corrected chi connectivity index (χ1v) is 11.1. The van der Waals surface area contributed by atoms with Gasteiger partial charge < -0.3 is 9.84 Å². The van der Waals surface area contributed by atoms with Crippen LogP contribution in [0.1, 0.15) is 18.4 Å². The van der Waals surface area contributed by atoms with Gasteiger partial charge in [-0.15, -0.1) is 0 Å². The molecule has 0 amide bonds. The second-order valence-electron chi connectivity index (χ2n) is 8.99. The minimum atomic E-state index is -0.189. The van der Waals surface area contributed by atoms with Gasteiger partial charge in [-0.25, -0.2) is 0 Å². The van der Waals surface area contributed by atoms with Crippen molar-refractivity contribution in [3.8, 4) is 11.1 Å². The number of hydrogen-bond donors (Lipinski definition) is 1. The standard InChI is InChI=1S/C25H32N2O2/c28-25-15-22-18-26(17-21(22)14-24(25)27-10-12-29-13-11-27)16-20-8-4-5-9-23(20)19-6-2-1-3-7-19/h1-9,21-22,24-25,28H,10-18H2/t21-,22+,24-,25-/m1/s1. The van der Waals surface area contributed by atoms with Crippen LogP contribution in [0.2, 0.25) is 0 Å². The van der Waals surface area contributed by atoms with E-state index in [1.165, 1.54) is 16.7 Å². The van der Waals surface area contributed by atoms with Crippen LogP contribution in [-0.2, 0) is 11.3 Å². The summed E-state index contributed by atoms with van der Waals surface area (Å²) in [7, 11) is 0. The Morgan fingerprint density at radius 3 is 2.34 bits per heavy atom. The number of benzene rings is 2. The largest absolute Gasteiger partial charge is 0.391 e. The summed E-state index contributed by atoms with van der Waals surface area (Å²) in [4.78, 5) is 5.09. The lowest BCUT2D eigenvalue weighted by Crippen LogP contribution is -2.53. The van der Waals surface area contributed by atoms with Crippen molar-refractivity contribution in [3.05, 3.63) is 60.2 Å². The number of rotatable bonds is 4. The molecule has 0 radical (unpaired) electrons. The molecule has 3 fully saturated rings. The molecule has 1 N–H and O–H groups in total. The van der Waals surface area contributed by atoms with Crippen LogP contribution in [0.4, 0.5) is 0 Å². The van der Waals surface area contributed by atoms with E-state index in [4.69, 9.17) is 4.74 Å². The van der Waals surface area contributed by atoms with Crippen molar-refractivity contribution >= 4 is 0 Å². The van der Waals surface area contributed by atoms with Crippen molar-refractivity contribution in [2.24, 2.45) is 11.8 Å². The van der Waals surface area contributed by atoms with E-state index < -0.39 is 0 Å². The van der Waals surface area contributed by atoms with Gasteiger partial charge in [0.15, 0.2) is 0 Å². The summed E-state index contributed by atoms with van der Waals surface area (Å²) in [6.07, 6.45) is 1.89. The number of hydrogen-bond acceptors (Lipinski definition) is 4. The number of ether oxygens (including phenoxy) is 1. The highest BCUT2D eigenvalue weighted by atomic mass is 16.5. The predicted octanol–water partition coefficient (Wildman–Crippen LogP) is 3.26. The summed E-state index contributed by atoms with van der Waals surface area (Å²) in [5.74, 6) is 1.33. The molecule has 2 heterocycles. The van der Waals surface area contributed by atoms with Crippen molar-refractivity contribution in [3.63, 3.8) is 0 Å². The van der Waals surface area contributed by atoms with E-state index in [0.717, 1.165) is 58.8 Å². The van der Waals surface area contributed by atoms with Crippen LogP contribution in [0, 0.1) is 11.8 Å². The van der Waals surface area contributed by atoms with E-state index in [9.17, 15) is 5.11 Å². The van der Waals surface area contributed by atoms with Gasteiger partial charge in [0.1, 0.15) is 0 Å². The molecule has 4 atom stereocenters. The van der Waals surface area contributed by atoms with Crippen molar-refractivity contribution in [2.75, 3.05) is 39.4 Å². The Morgan fingerprint density at radius 1 is 0.862 bits per heavy atom. The molecule has 0 bridgehead atoms. The van der Waals surface area contributed by atoms with Crippen LogP contribution in [0.25, 0.3) is 11.1 Å². The van der Waals surface area contributed by atoms with Crippen LogP contribution in [0.3, 0.4) is 0 Å². The van der Waals surface area contributed by atoms with Crippen molar-refractivity contribution < 1.29 is 9.84 Å². The number of morpholine rings is 1. The zero-order valence-corrected chi connectivity index (χ0v) is 17.1. The minimum Gasteiger partial charge on any atom is -0.391 e. The van der Waals surface area contributed by atoms with Crippen LogP contribution in [0.5, 0.6) is 0 Å². The van der Waals surface area contributed by atoms with Crippen LogP contribution < -0.4 is 0 Å². The average Bonchev–Trinajstić information content (AvgIpc) is 3.16. The highest BCUT2D eigenvalue weighted by Crippen LogP contribution is 2.39. The van der Waals surface area contributed by atoms with Crippen LogP contribution in [-0.4, -0.2) is 66.4 Å². The van der Waals surface area contributed by atoms with Crippen molar-refractivity contribution in [2.45, 2.75) is 31.5 Å². The van der Waals surface area contributed by atoms with Gasteiger partial charge in [-0.2, -0.15) is 0 Å². The fraction of sp³-hybridized carbons (Fsp3) is 0.520. The first kappa shape index (κ1) is 19.3. The van der Waals surface area contributed by atoms with Crippen molar-refractivity contribution in [1.29, 1.82) is 0 Å². The molecule has 3 aliphatic rings. The lowest BCUT2D eigenvalue weighted by molar-refractivity contribution is -0.0520. The molecule has 2 saturated heterocycles. The summed E-state index contributed by atoms with van der Waals surface area (Å²) in [6, 6.07) is 19.8. The van der Waals surface area contributed by atoms with E-state index in [1.807, 2.05) is 0 Å². The molecule has 0 unspecified atom stereocenters. The van der Waals surface area contributed by atoms with Crippen LogP contribution >= 0.6 is 0 Å². The van der Waals surface area contributed by atoms with Gasteiger partial charge in [-0.05, 0) is 41.4 Å². The summed E-state index contributed by atoms with van der Waals surface area (Å²) in [5, 5.41) is 10.8. The molecule has 2 aliphatic heterocycles. The zero-order valence-electron chi connectivity index (χ0n) is 17.1. The molecular formula is C25H32N2O2. The van der Waals surface area contributed by atoms with Gasteiger partial charge in [0.25, 0.3) is 0 Å². The van der Waals surface area contributed by atoms with Gasteiger partial charge in [-0.3, -0.25) is 9.80 Å². The van der Waals surface area contributed by atoms with E-state index in [1.54, 1.807) is 0 Å². The Hall–Kier alpha value is -1.72. The third-order valence-corrected chi connectivity index (χ3v) is 7.20. The Morgan fingerprint density at radius 2 is 1.55 bits per heavy atom. The molecule has 5 rings (SSSR count). The Balaban J connectivity index is 1.27. The first-order chi connectivity index (χ1) is 14.3. The monoisotopic (exact) mass is 392 g/mol. The van der Waals surface area contributed by atoms with Crippen molar-refractivity contribution in [1.82, 2.24) is 9.80 Å². The summed E-state index contributed by atoms with van der Waals surface area (Å²) in [6.45, 7) is 6.80. The Bertz CT molecular complexity index is 805. The molecule has 0 spiro atoms. The van der Waals surface area contributed by atoms with Gasteiger partial charge >= 0.3 is 0 Å². The average molecular weight is 393 g/mol. The highest BCUT2D eigenvalue weighted by molar-refractivity contribution is 5.67. The van der Waals surface area contributed by atoms with E-state index >= 15 is 0 Å². The number of nitrogens with zero attached hydrogens (tertiary/aromatic N) is 2. The Labute approximate surface area is 174 Å². The fourth-order valence-corrected chi connectivity index (χ4v) is 5.73. The smallest absolute Gasteiger partial charge is 0.0698 e. The summed E-state index contributed by atoms with van der Waals surface area (Å²) in [5.41, 5.74) is 4.04. The quantitative estimate of drug-likeness (QED) is 0.866. The number of aliphatic hydroxyl groups excluding tert-OH is 1. The molecule has 4 nitrogen and oxygen atoms in total. The van der Waals surface area contributed by atoms with E-state index in [-0.39, 0.29) is 6.10 Å². The molecule has 1 saturated carbocycles. The molecule has 2 aromatic rings. The normalized spacial score (nSPS) is 30.9. The maximum Gasteiger partial charge on any atom is 0.0698 e. The maximum atomic E-state index is 10.8. The van der Waals surface area contributed by atoms with Gasteiger partial charge in [-0.1, -0.05) is 54.6 Å². The molecule has 0 aromatic heterocycles. The molecule has 4 heteroatoms. The number of likely N-dealkylation sites (tertiary alicyclic amines) is 1. The minimum absolute atomic E-state index is 0.189. The molecule has 2 aromatic carbocycles. The summed E-state index contributed by atoms with van der Waals surface area (Å²) >= 11 is 0. The second-order valence-corrected chi connectivity index (χ2v) is 8.99. The molecular weight excluding hydrogens is 360 g/mol. The van der Waals surface area contributed by atoms with Gasteiger partial charge in [0, 0.05) is 38.8 Å². The Kier molecular flexibility index (Phi) is 5.69. The third kappa shape index (κ3) is 4.13. The summed E-state index contributed by atoms with van der Waals surface area (Å²) < 4.78 is 5.51.